The van der Waals surface area contributed by atoms with Crippen molar-refractivity contribution in [2.75, 3.05) is 5.32 Å². The van der Waals surface area contributed by atoms with Gasteiger partial charge in [0.15, 0.2) is 0 Å². The molecule has 1 atom stereocenters. The Morgan fingerprint density at radius 1 is 1.27 bits per heavy atom. The van der Waals surface area contributed by atoms with Crippen molar-refractivity contribution in [3.63, 3.8) is 0 Å². The van der Waals surface area contributed by atoms with Gasteiger partial charge < -0.3 is 5.32 Å². The lowest BCUT2D eigenvalue weighted by Crippen LogP contribution is -2.34. The molecular weight excluding hydrogens is 348 g/mol. The van der Waals surface area contributed by atoms with Gasteiger partial charge >= 0.3 is 0 Å². The van der Waals surface area contributed by atoms with E-state index in [1.165, 1.54) is 3.97 Å². The molecule has 0 spiro atoms. The first-order valence-electron chi connectivity index (χ1n) is 8.58. The number of nitrogens with one attached hydrogen (secondary N) is 1. The maximum atomic E-state index is 13.0. The average Bonchev–Trinajstić information content (AvgIpc) is 2.65. The van der Waals surface area contributed by atoms with Crippen LogP contribution >= 0.6 is 12.8 Å². The molecule has 0 aliphatic carbocycles. The second-order valence-corrected chi connectivity index (χ2v) is 6.78. The van der Waals surface area contributed by atoms with Crippen molar-refractivity contribution < 1.29 is 4.79 Å². The normalized spacial score (nSPS) is 16.4. The van der Waals surface area contributed by atoms with E-state index < -0.39 is 0 Å². The van der Waals surface area contributed by atoms with E-state index in [1.807, 2.05) is 37.3 Å². The summed E-state index contributed by atoms with van der Waals surface area (Å²) < 4.78 is 1.30. The first-order valence-corrected chi connectivity index (χ1v) is 8.98. The van der Waals surface area contributed by atoms with Crippen LogP contribution in [0.5, 0.6) is 0 Å². The number of para-hydroxylation sites is 1. The lowest BCUT2D eigenvalue weighted by Gasteiger charge is -2.26. The van der Waals surface area contributed by atoms with E-state index in [0.717, 1.165) is 22.9 Å². The Bertz CT molecular complexity index is 1070. The minimum atomic E-state index is -0.374. The summed E-state index contributed by atoms with van der Waals surface area (Å²) in [6.45, 7) is 2.00. The van der Waals surface area contributed by atoms with Crippen molar-refractivity contribution in [2.45, 2.75) is 32.1 Å². The highest BCUT2D eigenvalue weighted by molar-refractivity contribution is 7.78. The number of aryl methyl sites for hydroxylation is 1. The van der Waals surface area contributed by atoms with Crippen LogP contribution < -0.4 is 10.9 Å². The van der Waals surface area contributed by atoms with Crippen LogP contribution in [0.3, 0.4) is 0 Å². The largest absolute Gasteiger partial charge is 0.310 e. The number of fused-ring (bicyclic) bond motifs is 2. The topological polar surface area (TPSA) is 76.9 Å². The first kappa shape index (κ1) is 16.8. The number of carbonyl (C=O) groups excluding carboxylic acids is 1. The van der Waals surface area contributed by atoms with Gasteiger partial charge in [0, 0.05) is 30.3 Å². The Kier molecular flexibility index (Phi) is 4.24. The molecule has 4 rings (SSSR count). The molecule has 0 saturated carbocycles. The van der Waals surface area contributed by atoms with Crippen LogP contribution in [0.4, 0.5) is 5.82 Å². The lowest BCUT2D eigenvalue weighted by molar-refractivity contribution is -0.116. The number of pyridine rings is 1. The molecule has 26 heavy (non-hydrogen) atoms. The quantitative estimate of drug-likeness (QED) is 0.699. The summed E-state index contributed by atoms with van der Waals surface area (Å²) in [5.74, 6) is 0.390. The highest BCUT2D eigenvalue weighted by Crippen LogP contribution is 2.37. The van der Waals surface area contributed by atoms with Gasteiger partial charge in [-0.15, -0.1) is 0 Å². The van der Waals surface area contributed by atoms with E-state index in [9.17, 15) is 9.59 Å². The molecule has 132 valence electrons. The van der Waals surface area contributed by atoms with Gasteiger partial charge in [-0.3, -0.25) is 14.6 Å². The van der Waals surface area contributed by atoms with Gasteiger partial charge in [-0.25, -0.2) is 8.96 Å². The number of amides is 1. The molecule has 7 heteroatoms. The third kappa shape index (κ3) is 2.68. The monoisotopic (exact) mass is 366 g/mol. The van der Waals surface area contributed by atoms with E-state index in [2.05, 4.69) is 28.1 Å². The Hall–Kier alpha value is -2.67. The van der Waals surface area contributed by atoms with Crippen molar-refractivity contribution in [1.29, 1.82) is 0 Å². The predicted octanol–water partition coefficient (Wildman–Crippen LogP) is 2.91. The number of aromatic nitrogens is 3. The fourth-order valence-electron chi connectivity index (χ4n) is 3.52. The minimum Gasteiger partial charge on any atom is -0.310 e. The molecule has 1 aliphatic rings. The number of hydrogen-bond donors (Lipinski definition) is 2. The van der Waals surface area contributed by atoms with Crippen LogP contribution in [0.15, 0.2) is 41.3 Å². The summed E-state index contributed by atoms with van der Waals surface area (Å²) in [4.78, 5) is 34.2. The smallest absolute Gasteiger partial charge is 0.269 e. The Morgan fingerprint density at radius 3 is 2.88 bits per heavy atom. The summed E-state index contributed by atoms with van der Waals surface area (Å²) in [6, 6.07) is 9.60. The molecule has 0 saturated heterocycles. The second-order valence-electron chi connectivity index (χ2n) is 6.38. The molecule has 6 nitrogen and oxygen atoms in total. The number of benzene rings is 1. The zero-order valence-electron chi connectivity index (χ0n) is 14.3. The highest BCUT2D eigenvalue weighted by Gasteiger charge is 2.32. The van der Waals surface area contributed by atoms with E-state index in [4.69, 9.17) is 0 Å². The molecule has 1 amide bonds. The Morgan fingerprint density at radius 2 is 2.08 bits per heavy atom. The molecule has 3 heterocycles. The fraction of sp³-hybridized carbons (Fsp3) is 0.263. The maximum Gasteiger partial charge on any atom is 0.269 e. The first-order chi connectivity index (χ1) is 12.6. The number of rotatable bonds is 3. The second kappa shape index (κ2) is 6.57. The molecular formula is C19H18N4O2S. The molecule has 0 fully saturated rings. The maximum absolute atomic E-state index is 13.0. The van der Waals surface area contributed by atoms with E-state index in [1.54, 1.807) is 6.20 Å². The van der Waals surface area contributed by atoms with Gasteiger partial charge in [-0.1, -0.05) is 37.9 Å². The fourth-order valence-corrected chi connectivity index (χ4v) is 3.77. The molecule has 1 N–H and O–H groups in total. The van der Waals surface area contributed by atoms with E-state index in [0.29, 0.717) is 23.6 Å². The zero-order chi connectivity index (χ0) is 18.3. The third-order valence-electron chi connectivity index (χ3n) is 4.69. The summed E-state index contributed by atoms with van der Waals surface area (Å²) in [5.41, 5.74) is 1.99. The summed E-state index contributed by atoms with van der Waals surface area (Å²) in [6.07, 6.45) is 3.35. The van der Waals surface area contributed by atoms with Crippen molar-refractivity contribution in [2.24, 2.45) is 0 Å². The van der Waals surface area contributed by atoms with Crippen LogP contribution in [0.2, 0.25) is 0 Å². The molecule has 3 aromatic rings. The molecule has 2 aromatic heterocycles. The van der Waals surface area contributed by atoms with Crippen LogP contribution in [-0.2, 0) is 11.2 Å². The Labute approximate surface area is 155 Å². The number of carbonyl (C=O) groups is 1. The summed E-state index contributed by atoms with van der Waals surface area (Å²) in [5, 5.41) is 3.70. The minimum absolute atomic E-state index is 0.144. The highest BCUT2D eigenvalue weighted by atomic mass is 32.1. The van der Waals surface area contributed by atoms with Gasteiger partial charge in [0.25, 0.3) is 5.56 Å². The predicted molar refractivity (Wildman–Crippen MR) is 104 cm³/mol. The van der Waals surface area contributed by atoms with Crippen molar-refractivity contribution in [3.05, 3.63) is 63.8 Å². The van der Waals surface area contributed by atoms with Gasteiger partial charge in [0.2, 0.25) is 5.91 Å². The third-order valence-corrected chi connectivity index (χ3v) is 5.10. The molecule has 1 aromatic carbocycles. The summed E-state index contributed by atoms with van der Waals surface area (Å²) in [7, 11) is 0. The van der Waals surface area contributed by atoms with Gasteiger partial charge in [0.1, 0.15) is 11.6 Å². The lowest BCUT2D eigenvalue weighted by atomic mass is 9.85. The van der Waals surface area contributed by atoms with Crippen LogP contribution in [0, 0.1) is 0 Å². The van der Waals surface area contributed by atoms with Gasteiger partial charge in [-0.2, -0.15) is 0 Å². The zero-order valence-corrected chi connectivity index (χ0v) is 15.2. The van der Waals surface area contributed by atoms with Crippen molar-refractivity contribution >= 4 is 35.4 Å². The Balaban J connectivity index is 1.97. The van der Waals surface area contributed by atoms with Crippen LogP contribution in [0.1, 0.15) is 42.6 Å². The van der Waals surface area contributed by atoms with E-state index in [-0.39, 0.29) is 23.8 Å². The van der Waals surface area contributed by atoms with Crippen LogP contribution in [-0.4, -0.2) is 19.8 Å². The number of anilines is 1. The van der Waals surface area contributed by atoms with Crippen LogP contribution in [0.25, 0.3) is 10.9 Å². The summed E-state index contributed by atoms with van der Waals surface area (Å²) >= 11 is 4.34. The average molecular weight is 366 g/mol. The standard InChI is InChI=1S/C19H18N4O2S/c1-2-5-15-21-18-17(19(25)23(15)26)13(10-16(24)22-18)11-8-9-20-14-7-4-3-6-12(11)14/h3-4,6-9,13,26H,2,5,10H2,1H3,(H,22,24). The van der Waals surface area contributed by atoms with Gasteiger partial charge in [0.05, 0.1) is 11.1 Å². The number of nitrogens with zero attached hydrogens (tertiary/aromatic N) is 3. The SMILES string of the molecule is CCCc1nc2c(c(=O)n1S)C(c1ccnc3ccccc13)CC(=O)N2. The molecule has 0 bridgehead atoms. The van der Waals surface area contributed by atoms with Gasteiger partial charge in [-0.05, 0) is 24.1 Å². The van der Waals surface area contributed by atoms with E-state index >= 15 is 0 Å². The number of thiol groups is 1. The molecule has 1 aliphatic heterocycles. The number of hydrogen-bond acceptors (Lipinski definition) is 5. The molecule has 1 unspecified atom stereocenters. The van der Waals surface area contributed by atoms with Crippen molar-refractivity contribution in [1.82, 2.24) is 13.9 Å². The van der Waals surface area contributed by atoms with Crippen molar-refractivity contribution in [3.8, 4) is 0 Å². The molecule has 0 radical (unpaired) electrons.